The Hall–Kier alpha value is 0.120. The second kappa shape index (κ2) is 6.05. The second-order valence-corrected chi connectivity index (χ2v) is 8.86. The van der Waals surface area contributed by atoms with Gasteiger partial charge >= 0.3 is 0 Å². The Labute approximate surface area is 124 Å². The summed E-state index contributed by atoms with van der Waals surface area (Å²) in [5.74, 6) is 0. The van der Waals surface area contributed by atoms with Crippen LogP contribution in [0.5, 0.6) is 0 Å². The molecule has 0 aromatic carbocycles. The van der Waals surface area contributed by atoms with Gasteiger partial charge in [0.15, 0.2) is 0 Å². The first-order chi connectivity index (χ1) is 8.49. The molecule has 0 fully saturated rings. The maximum Gasteiger partial charge on any atom is 0.250 e. The normalized spacial score (nSPS) is 16.0. The van der Waals surface area contributed by atoms with Crippen molar-refractivity contribution >= 4 is 48.9 Å². The van der Waals surface area contributed by atoms with Crippen molar-refractivity contribution in [3.63, 3.8) is 0 Å². The van der Waals surface area contributed by atoms with E-state index in [9.17, 15) is 8.42 Å². The fraction of sp³-hybridized carbons (Fsp3) is 0.455. The number of sulfonamides is 1. The number of thiophene rings is 1. The maximum absolute atomic E-state index is 12.0. The fourth-order valence-corrected chi connectivity index (χ4v) is 5.32. The molecule has 18 heavy (non-hydrogen) atoms. The summed E-state index contributed by atoms with van der Waals surface area (Å²) < 4.78 is 27.4. The lowest BCUT2D eigenvalue weighted by molar-refractivity contribution is 0.583. The monoisotopic (exact) mass is 369 g/mol. The van der Waals surface area contributed by atoms with E-state index in [0.717, 1.165) is 30.6 Å². The fourth-order valence-electron chi connectivity index (χ4n) is 1.84. The summed E-state index contributed by atoms with van der Waals surface area (Å²) in [6.07, 6.45) is 6.40. The van der Waals surface area contributed by atoms with E-state index >= 15 is 0 Å². The zero-order valence-electron chi connectivity index (χ0n) is 9.58. The summed E-state index contributed by atoms with van der Waals surface area (Å²) >= 11 is 10.2. The van der Waals surface area contributed by atoms with E-state index in [1.54, 1.807) is 0 Å². The highest BCUT2D eigenvalue weighted by atomic mass is 79.9. The largest absolute Gasteiger partial charge is 0.250 e. The topological polar surface area (TPSA) is 46.2 Å². The average molecular weight is 371 g/mol. The van der Waals surface area contributed by atoms with Crippen LogP contribution in [0.2, 0.25) is 5.02 Å². The summed E-state index contributed by atoms with van der Waals surface area (Å²) in [5, 5.41) is 0.430. The summed E-state index contributed by atoms with van der Waals surface area (Å²) in [6.45, 7) is 0.446. The van der Waals surface area contributed by atoms with Crippen LogP contribution in [0.15, 0.2) is 25.7 Å². The third-order valence-corrected chi connectivity index (χ3v) is 7.17. The minimum Gasteiger partial charge on any atom is -0.210 e. The van der Waals surface area contributed by atoms with Gasteiger partial charge in [0.1, 0.15) is 4.21 Å². The Morgan fingerprint density at radius 1 is 1.50 bits per heavy atom. The third kappa shape index (κ3) is 3.57. The van der Waals surface area contributed by atoms with Crippen LogP contribution in [-0.2, 0) is 10.0 Å². The van der Waals surface area contributed by atoms with Crippen LogP contribution < -0.4 is 4.72 Å². The van der Waals surface area contributed by atoms with Crippen molar-refractivity contribution in [1.82, 2.24) is 4.72 Å². The van der Waals surface area contributed by atoms with E-state index in [0.29, 0.717) is 15.4 Å². The molecule has 1 N–H and O–H groups in total. The first kappa shape index (κ1) is 14.5. The average Bonchev–Trinajstić information content (AvgIpc) is 2.90. The van der Waals surface area contributed by atoms with Crippen molar-refractivity contribution < 1.29 is 8.42 Å². The van der Waals surface area contributed by atoms with Crippen LogP contribution >= 0.6 is 38.9 Å². The number of nitrogens with one attached hydrogen (secondary N) is 1. The van der Waals surface area contributed by atoms with Crippen molar-refractivity contribution in [3.8, 4) is 0 Å². The first-order valence-electron chi connectivity index (χ1n) is 5.61. The second-order valence-electron chi connectivity index (χ2n) is 4.09. The molecule has 1 heterocycles. The molecule has 0 amide bonds. The lowest BCUT2D eigenvalue weighted by Gasteiger charge is -2.05. The molecule has 0 unspecified atom stereocenters. The highest BCUT2D eigenvalue weighted by Gasteiger charge is 2.18. The van der Waals surface area contributed by atoms with Gasteiger partial charge in [0.05, 0.1) is 8.81 Å². The van der Waals surface area contributed by atoms with Crippen molar-refractivity contribution in [3.05, 3.63) is 26.5 Å². The van der Waals surface area contributed by atoms with Gasteiger partial charge in [-0.25, -0.2) is 13.1 Å². The van der Waals surface area contributed by atoms with Gasteiger partial charge in [-0.05, 0) is 47.7 Å². The van der Waals surface area contributed by atoms with Crippen LogP contribution in [0.4, 0.5) is 0 Å². The number of halogens is 2. The van der Waals surface area contributed by atoms with Crippen LogP contribution in [0.3, 0.4) is 0 Å². The highest BCUT2D eigenvalue weighted by Crippen LogP contribution is 2.34. The Kier molecular flexibility index (Phi) is 4.88. The molecule has 0 atom stereocenters. The highest BCUT2D eigenvalue weighted by molar-refractivity contribution is 9.11. The zero-order valence-corrected chi connectivity index (χ0v) is 13.6. The Bertz CT molecular complexity index is 546. The molecular weight excluding hydrogens is 358 g/mol. The summed E-state index contributed by atoms with van der Waals surface area (Å²) in [5.41, 5.74) is 1.35. The van der Waals surface area contributed by atoms with Gasteiger partial charge in [0.25, 0.3) is 0 Å². The number of allylic oxidation sites excluding steroid dienone is 1. The third-order valence-electron chi connectivity index (χ3n) is 2.76. The maximum atomic E-state index is 12.0. The summed E-state index contributed by atoms with van der Waals surface area (Å²) in [4.78, 5) is 0. The van der Waals surface area contributed by atoms with E-state index < -0.39 is 10.0 Å². The van der Waals surface area contributed by atoms with E-state index in [4.69, 9.17) is 11.6 Å². The molecule has 100 valence electrons. The SMILES string of the molecule is O=S(=O)(NCCC1=CCCC1)c1cc(Cl)c(Br)s1. The number of hydrogen-bond acceptors (Lipinski definition) is 3. The molecule has 2 rings (SSSR count). The van der Waals surface area contributed by atoms with Gasteiger partial charge in [-0.1, -0.05) is 23.3 Å². The van der Waals surface area contributed by atoms with E-state index in [1.165, 1.54) is 18.1 Å². The lowest BCUT2D eigenvalue weighted by atomic mass is 10.2. The van der Waals surface area contributed by atoms with Crippen molar-refractivity contribution in [1.29, 1.82) is 0 Å². The van der Waals surface area contributed by atoms with E-state index in [2.05, 4.69) is 26.7 Å². The number of rotatable bonds is 5. The molecule has 7 heteroatoms. The standard InChI is InChI=1S/C11H13BrClNO2S2/c12-11-9(13)7-10(17-11)18(15,16)14-6-5-8-3-1-2-4-8/h3,7,14H,1-2,4-6H2. The smallest absolute Gasteiger partial charge is 0.210 e. The molecular formula is C11H13BrClNO2S2. The molecule has 1 aliphatic carbocycles. The van der Waals surface area contributed by atoms with Gasteiger partial charge in [0.2, 0.25) is 10.0 Å². The molecule has 0 radical (unpaired) electrons. The van der Waals surface area contributed by atoms with Gasteiger partial charge in [0, 0.05) is 6.54 Å². The molecule has 1 aromatic rings. The predicted molar refractivity (Wildman–Crippen MR) is 78.8 cm³/mol. The predicted octanol–water partition coefficient (Wildman–Crippen LogP) is 3.94. The minimum atomic E-state index is -3.43. The minimum absolute atomic E-state index is 0.250. The summed E-state index contributed by atoms with van der Waals surface area (Å²) in [7, 11) is -3.43. The van der Waals surface area contributed by atoms with Crippen molar-refractivity contribution in [2.24, 2.45) is 0 Å². The summed E-state index contributed by atoms with van der Waals surface area (Å²) in [6, 6.07) is 1.47. The number of hydrogen-bond donors (Lipinski definition) is 1. The van der Waals surface area contributed by atoms with Crippen LogP contribution in [0, 0.1) is 0 Å². The molecule has 0 saturated heterocycles. The Morgan fingerprint density at radius 2 is 2.28 bits per heavy atom. The van der Waals surface area contributed by atoms with Crippen LogP contribution in [0.1, 0.15) is 25.7 Å². The van der Waals surface area contributed by atoms with E-state index in [1.807, 2.05) is 0 Å². The molecule has 0 spiro atoms. The van der Waals surface area contributed by atoms with Crippen LogP contribution in [0.25, 0.3) is 0 Å². The lowest BCUT2D eigenvalue weighted by Crippen LogP contribution is -2.24. The van der Waals surface area contributed by atoms with Crippen LogP contribution in [-0.4, -0.2) is 15.0 Å². The van der Waals surface area contributed by atoms with Gasteiger partial charge in [-0.3, -0.25) is 0 Å². The quantitative estimate of drug-likeness (QED) is 0.798. The molecule has 1 aromatic heterocycles. The Balaban J connectivity index is 1.95. The first-order valence-corrected chi connectivity index (χ1v) is 9.08. The molecule has 0 bridgehead atoms. The van der Waals surface area contributed by atoms with Gasteiger partial charge < -0.3 is 0 Å². The van der Waals surface area contributed by atoms with Gasteiger partial charge in [-0.2, -0.15) is 0 Å². The molecule has 0 saturated carbocycles. The zero-order chi connectivity index (χ0) is 13.2. The van der Waals surface area contributed by atoms with Crippen molar-refractivity contribution in [2.75, 3.05) is 6.54 Å². The van der Waals surface area contributed by atoms with Crippen molar-refractivity contribution in [2.45, 2.75) is 29.9 Å². The Morgan fingerprint density at radius 3 is 2.83 bits per heavy atom. The van der Waals surface area contributed by atoms with E-state index in [-0.39, 0.29) is 4.21 Å². The molecule has 1 aliphatic rings. The van der Waals surface area contributed by atoms with Gasteiger partial charge in [-0.15, -0.1) is 11.3 Å². The molecule has 0 aliphatic heterocycles. The molecule has 3 nitrogen and oxygen atoms in total.